The number of hydrogen-bond donors (Lipinski definition) is 2. The minimum Gasteiger partial charge on any atom is -0.352 e. The molecule has 1 aromatic carbocycles. The SMILES string of the molecule is CCCC(N)C(=O)NC(C)C(C)c1ccccc1C(F)(F)F. The Balaban J connectivity index is 2.88. The van der Waals surface area contributed by atoms with Gasteiger partial charge in [0.2, 0.25) is 5.91 Å². The van der Waals surface area contributed by atoms with E-state index in [1.807, 2.05) is 6.92 Å². The third-order valence-corrected chi connectivity index (χ3v) is 3.81. The van der Waals surface area contributed by atoms with Crippen LogP contribution in [-0.4, -0.2) is 18.0 Å². The predicted octanol–water partition coefficient (Wildman–Crippen LogP) is 3.44. The summed E-state index contributed by atoms with van der Waals surface area (Å²) in [6, 6.07) is 4.36. The lowest BCUT2D eigenvalue weighted by molar-refractivity contribution is -0.138. The van der Waals surface area contributed by atoms with Gasteiger partial charge in [-0.3, -0.25) is 4.79 Å². The Hall–Kier alpha value is -1.56. The minimum absolute atomic E-state index is 0.173. The van der Waals surface area contributed by atoms with Crippen LogP contribution in [-0.2, 0) is 11.0 Å². The Kier molecular flexibility index (Phi) is 6.41. The second kappa shape index (κ2) is 7.63. The highest BCUT2D eigenvalue weighted by molar-refractivity contribution is 5.81. The van der Waals surface area contributed by atoms with E-state index in [9.17, 15) is 18.0 Å². The lowest BCUT2D eigenvalue weighted by atomic mass is 9.90. The van der Waals surface area contributed by atoms with Crippen molar-refractivity contribution in [1.82, 2.24) is 5.32 Å². The molecule has 1 rings (SSSR count). The number of nitrogens with two attached hydrogens (primary N) is 1. The van der Waals surface area contributed by atoms with Crippen LogP contribution in [0, 0.1) is 0 Å². The van der Waals surface area contributed by atoms with Crippen molar-refractivity contribution in [2.45, 2.75) is 57.8 Å². The van der Waals surface area contributed by atoms with E-state index in [-0.39, 0.29) is 11.5 Å². The summed E-state index contributed by atoms with van der Waals surface area (Å²) in [7, 11) is 0. The molecule has 3 nitrogen and oxygen atoms in total. The predicted molar refractivity (Wildman–Crippen MR) is 80.3 cm³/mol. The van der Waals surface area contributed by atoms with Crippen molar-refractivity contribution in [3.05, 3.63) is 35.4 Å². The fourth-order valence-corrected chi connectivity index (χ4v) is 2.32. The molecule has 0 aliphatic carbocycles. The molecular weight excluding hydrogens is 293 g/mol. The summed E-state index contributed by atoms with van der Waals surface area (Å²) in [6.45, 7) is 5.27. The zero-order chi connectivity index (χ0) is 16.9. The van der Waals surface area contributed by atoms with Crippen molar-refractivity contribution in [1.29, 1.82) is 0 Å². The number of amides is 1. The summed E-state index contributed by atoms with van der Waals surface area (Å²) in [5, 5.41) is 2.71. The summed E-state index contributed by atoms with van der Waals surface area (Å²) >= 11 is 0. The van der Waals surface area contributed by atoms with Crippen molar-refractivity contribution in [2.24, 2.45) is 5.73 Å². The molecule has 124 valence electrons. The molecule has 0 saturated carbocycles. The molecule has 0 saturated heterocycles. The largest absolute Gasteiger partial charge is 0.416 e. The van der Waals surface area contributed by atoms with Crippen LogP contribution in [0.15, 0.2) is 24.3 Å². The maximum Gasteiger partial charge on any atom is 0.416 e. The van der Waals surface area contributed by atoms with Crippen LogP contribution >= 0.6 is 0 Å². The van der Waals surface area contributed by atoms with Gasteiger partial charge >= 0.3 is 6.18 Å². The number of benzene rings is 1. The quantitative estimate of drug-likeness (QED) is 0.844. The van der Waals surface area contributed by atoms with Gasteiger partial charge in [-0.05, 0) is 25.0 Å². The van der Waals surface area contributed by atoms with E-state index >= 15 is 0 Å². The molecule has 3 atom stereocenters. The molecule has 1 aromatic rings. The summed E-state index contributed by atoms with van der Waals surface area (Å²) in [4.78, 5) is 11.9. The van der Waals surface area contributed by atoms with E-state index in [1.54, 1.807) is 19.9 Å². The standard InChI is InChI=1S/C16H23F3N2O/c1-4-7-14(20)15(22)21-11(3)10(2)12-8-5-6-9-13(12)16(17,18)19/h5-6,8-11,14H,4,7,20H2,1-3H3,(H,21,22). The fourth-order valence-electron chi connectivity index (χ4n) is 2.32. The van der Waals surface area contributed by atoms with Gasteiger partial charge < -0.3 is 11.1 Å². The van der Waals surface area contributed by atoms with Crippen molar-refractivity contribution < 1.29 is 18.0 Å². The molecule has 3 N–H and O–H groups in total. The molecule has 1 amide bonds. The Labute approximate surface area is 129 Å². The molecule has 0 aliphatic rings. The summed E-state index contributed by atoms with van der Waals surface area (Å²) in [5.74, 6) is -0.804. The Bertz CT molecular complexity index is 502. The molecule has 3 unspecified atom stereocenters. The van der Waals surface area contributed by atoms with Crippen LogP contribution in [0.3, 0.4) is 0 Å². The van der Waals surface area contributed by atoms with Gasteiger partial charge in [-0.15, -0.1) is 0 Å². The van der Waals surface area contributed by atoms with Gasteiger partial charge in [0.25, 0.3) is 0 Å². The number of carbonyl (C=O) groups excluding carboxylic acids is 1. The van der Waals surface area contributed by atoms with E-state index < -0.39 is 29.7 Å². The topological polar surface area (TPSA) is 55.1 Å². The summed E-state index contributed by atoms with van der Waals surface area (Å²) in [5.41, 5.74) is 5.23. The number of nitrogens with one attached hydrogen (secondary N) is 1. The fraction of sp³-hybridized carbons (Fsp3) is 0.562. The molecular formula is C16H23F3N2O. The van der Waals surface area contributed by atoms with Crippen molar-refractivity contribution in [3.63, 3.8) is 0 Å². The van der Waals surface area contributed by atoms with Crippen LogP contribution in [0.2, 0.25) is 0 Å². The van der Waals surface area contributed by atoms with Crippen LogP contribution in [0.1, 0.15) is 50.7 Å². The average Bonchev–Trinajstić information content (AvgIpc) is 2.45. The highest BCUT2D eigenvalue weighted by Crippen LogP contribution is 2.35. The van der Waals surface area contributed by atoms with Crippen molar-refractivity contribution >= 4 is 5.91 Å². The first-order chi connectivity index (χ1) is 10.2. The molecule has 6 heteroatoms. The van der Waals surface area contributed by atoms with Gasteiger partial charge in [-0.1, -0.05) is 38.5 Å². The third kappa shape index (κ3) is 4.73. The second-order valence-electron chi connectivity index (χ2n) is 5.57. The number of halogens is 3. The van der Waals surface area contributed by atoms with E-state index in [1.165, 1.54) is 12.1 Å². The Morgan fingerprint density at radius 2 is 1.86 bits per heavy atom. The van der Waals surface area contributed by atoms with Gasteiger partial charge in [0, 0.05) is 12.0 Å². The number of hydrogen-bond acceptors (Lipinski definition) is 2. The lowest BCUT2D eigenvalue weighted by Crippen LogP contribution is -2.46. The van der Waals surface area contributed by atoms with Gasteiger partial charge in [-0.2, -0.15) is 13.2 Å². The second-order valence-corrected chi connectivity index (χ2v) is 5.57. The van der Waals surface area contributed by atoms with Crippen molar-refractivity contribution in [2.75, 3.05) is 0 Å². The Morgan fingerprint density at radius 3 is 2.41 bits per heavy atom. The van der Waals surface area contributed by atoms with Crippen LogP contribution < -0.4 is 11.1 Å². The van der Waals surface area contributed by atoms with E-state index in [4.69, 9.17) is 5.73 Å². The van der Waals surface area contributed by atoms with E-state index in [0.29, 0.717) is 6.42 Å². The summed E-state index contributed by atoms with van der Waals surface area (Å²) < 4.78 is 39.2. The normalized spacial score (nSPS) is 16.0. The molecule has 0 spiro atoms. The first-order valence-corrected chi connectivity index (χ1v) is 7.40. The first kappa shape index (κ1) is 18.5. The molecule has 22 heavy (non-hydrogen) atoms. The third-order valence-electron chi connectivity index (χ3n) is 3.81. The molecule has 0 bridgehead atoms. The van der Waals surface area contributed by atoms with E-state index in [2.05, 4.69) is 5.32 Å². The highest BCUT2D eigenvalue weighted by Gasteiger charge is 2.35. The van der Waals surface area contributed by atoms with Gasteiger partial charge in [0.1, 0.15) is 0 Å². The van der Waals surface area contributed by atoms with Crippen LogP contribution in [0.5, 0.6) is 0 Å². The summed E-state index contributed by atoms with van der Waals surface area (Å²) in [6.07, 6.45) is -3.09. The number of alkyl halides is 3. The van der Waals surface area contributed by atoms with Gasteiger partial charge in [0.05, 0.1) is 11.6 Å². The Morgan fingerprint density at radius 1 is 1.27 bits per heavy atom. The zero-order valence-corrected chi connectivity index (χ0v) is 13.1. The van der Waals surface area contributed by atoms with Gasteiger partial charge in [0.15, 0.2) is 0 Å². The van der Waals surface area contributed by atoms with Crippen LogP contribution in [0.4, 0.5) is 13.2 Å². The monoisotopic (exact) mass is 316 g/mol. The molecule has 0 aliphatic heterocycles. The zero-order valence-electron chi connectivity index (χ0n) is 13.1. The van der Waals surface area contributed by atoms with Gasteiger partial charge in [-0.25, -0.2) is 0 Å². The molecule has 0 fully saturated rings. The molecule has 0 aromatic heterocycles. The lowest BCUT2D eigenvalue weighted by Gasteiger charge is -2.25. The maximum atomic E-state index is 13.1. The van der Waals surface area contributed by atoms with E-state index in [0.717, 1.165) is 12.5 Å². The number of rotatable bonds is 6. The minimum atomic E-state index is -4.41. The smallest absolute Gasteiger partial charge is 0.352 e. The van der Waals surface area contributed by atoms with Crippen molar-refractivity contribution in [3.8, 4) is 0 Å². The molecule has 0 radical (unpaired) electrons. The number of carbonyl (C=O) groups is 1. The average molecular weight is 316 g/mol. The molecule has 0 heterocycles. The highest BCUT2D eigenvalue weighted by atomic mass is 19.4. The maximum absolute atomic E-state index is 13.1. The van der Waals surface area contributed by atoms with Crippen LogP contribution in [0.25, 0.3) is 0 Å². The first-order valence-electron chi connectivity index (χ1n) is 7.40.